The molecule has 0 aliphatic rings. The minimum absolute atomic E-state index is 0.0835. The highest BCUT2D eigenvalue weighted by molar-refractivity contribution is 6.00. The first kappa shape index (κ1) is 15.6. The highest BCUT2D eigenvalue weighted by Crippen LogP contribution is 2.29. The largest absolute Gasteiger partial charge is 0.466 e. The molecular formula is C15H9F3N4O2. The molecule has 0 aliphatic carbocycles. The zero-order chi connectivity index (χ0) is 17.3. The number of hydrogen-bond acceptors (Lipinski definition) is 4. The maximum absolute atomic E-state index is 12.8. The Bertz CT molecular complexity index is 922. The van der Waals surface area contributed by atoms with Gasteiger partial charge in [0.25, 0.3) is 5.91 Å². The molecule has 0 aromatic carbocycles. The fourth-order valence-electron chi connectivity index (χ4n) is 2.16. The number of amides is 1. The van der Waals surface area contributed by atoms with Crippen LogP contribution in [0.3, 0.4) is 0 Å². The van der Waals surface area contributed by atoms with Crippen molar-refractivity contribution in [2.45, 2.75) is 12.2 Å². The quantitative estimate of drug-likeness (QED) is 0.798. The summed E-state index contributed by atoms with van der Waals surface area (Å²) in [5.74, 6) is -0.514. The maximum atomic E-state index is 12.8. The number of pyridine rings is 1. The summed E-state index contributed by atoms with van der Waals surface area (Å²) in [6.07, 6.45) is -1.14. The van der Waals surface area contributed by atoms with Crippen molar-refractivity contribution in [1.82, 2.24) is 14.7 Å². The summed E-state index contributed by atoms with van der Waals surface area (Å²) in [5.41, 5.74) is -1.34. The predicted octanol–water partition coefficient (Wildman–Crippen LogP) is 2.94. The van der Waals surface area contributed by atoms with Crippen LogP contribution in [-0.2, 0) is 6.18 Å². The van der Waals surface area contributed by atoms with Crippen molar-refractivity contribution in [3.63, 3.8) is 0 Å². The number of alkyl halides is 3. The van der Waals surface area contributed by atoms with Crippen LogP contribution in [0.1, 0.15) is 27.9 Å². The highest BCUT2D eigenvalue weighted by Gasteiger charge is 2.34. The van der Waals surface area contributed by atoms with Crippen molar-refractivity contribution in [3.8, 4) is 6.07 Å². The van der Waals surface area contributed by atoms with E-state index in [0.29, 0.717) is 0 Å². The molecule has 1 N–H and O–H groups in total. The molecule has 0 spiro atoms. The minimum atomic E-state index is -4.62. The van der Waals surface area contributed by atoms with Crippen LogP contribution < -0.4 is 5.32 Å². The molecule has 1 amide bonds. The predicted molar refractivity (Wildman–Crippen MR) is 74.7 cm³/mol. The van der Waals surface area contributed by atoms with Crippen LogP contribution in [0.15, 0.2) is 47.3 Å². The number of hydrogen-bond donors (Lipinski definition) is 1. The average Bonchev–Trinajstić information content (AvgIpc) is 3.20. The van der Waals surface area contributed by atoms with E-state index in [1.165, 1.54) is 30.7 Å². The van der Waals surface area contributed by atoms with E-state index in [4.69, 9.17) is 9.68 Å². The monoisotopic (exact) mass is 334 g/mol. The molecule has 0 bridgehead atoms. The first-order chi connectivity index (χ1) is 11.4. The number of imidazole rings is 1. The minimum Gasteiger partial charge on any atom is -0.466 e. The van der Waals surface area contributed by atoms with E-state index < -0.39 is 23.8 Å². The molecule has 0 saturated carbocycles. The Hall–Kier alpha value is -3.28. The molecule has 1 unspecified atom stereocenters. The molecule has 6 nitrogen and oxygen atoms in total. The molecule has 3 aromatic rings. The van der Waals surface area contributed by atoms with Gasteiger partial charge in [-0.05, 0) is 24.3 Å². The van der Waals surface area contributed by atoms with E-state index in [0.717, 1.165) is 10.6 Å². The summed E-state index contributed by atoms with van der Waals surface area (Å²) in [4.78, 5) is 15.8. The van der Waals surface area contributed by atoms with E-state index in [1.807, 2.05) is 6.07 Å². The molecule has 24 heavy (non-hydrogen) atoms. The number of carbonyl (C=O) groups excluding carboxylic acids is 1. The Morgan fingerprint density at radius 3 is 2.79 bits per heavy atom. The fourth-order valence-corrected chi connectivity index (χ4v) is 2.16. The molecule has 0 fully saturated rings. The summed E-state index contributed by atoms with van der Waals surface area (Å²) in [6, 6.07) is 6.59. The molecule has 3 rings (SSSR count). The van der Waals surface area contributed by atoms with Crippen molar-refractivity contribution in [3.05, 3.63) is 59.9 Å². The molecule has 3 aromatic heterocycles. The number of nitrogens with zero attached hydrogens (tertiary/aromatic N) is 3. The number of halogens is 3. The van der Waals surface area contributed by atoms with E-state index >= 15 is 0 Å². The van der Waals surface area contributed by atoms with Crippen LogP contribution >= 0.6 is 0 Å². The Labute approximate surface area is 133 Å². The van der Waals surface area contributed by atoms with Gasteiger partial charge in [-0.25, -0.2) is 4.98 Å². The Balaban J connectivity index is 1.95. The van der Waals surface area contributed by atoms with Gasteiger partial charge in [0.1, 0.15) is 11.4 Å². The summed E-state index contributed by atoms with van der Waals surface area (Å²) in [7, 11) is 0. The normalized spacial score (nSPS) is 12.8. The second-order valence-corrected chi connectivity index (χ2v) is 4.83. The van der Waals surface area contributed by atoms with E-state index in [2.05, 4.69) is 10.3 Å². The number of fused-ring (bicyclic) bond motifs is 1. The molecule has 0 radical (unpaired) electrons. The second-order valence-electron chi connectivity index (χ2n) is 4.83. The maximum Gasteiger partial charge on any atom is 0.434 e. The first-order valence-electron chi connectivity index (χ1n) is 6.69. The molecule has 122 valence electrons. The molecular weight excluding hydrogens is 325 g/mol. The third kappa shape index (κ3) is 2.81. The lowest BCUT2D eigenvalue weighted by atomic mass is 10.2. The number of carbonyl (C=O) groups is 1. The van der Waals surface area contributed by atoms with Gasteiger partial charge in [0, 0.05) is 12.4 Å². The third-order valence-corrected chi connectivity index (χ3v) is 3.25. The Morgan fingerprint density at radius 2 is 2.17 bits per heavy atom. The molecule has 0 saturated heterocycles. The third-order valence-electron chi connectivity index (χ3n) is 3.25. The van der Waals surface area contributed by atoms with Crippen LogP contribution in [0.2, 0.25) is 0 Å². The van der Waals surface area contributed by atoms with Crippen LogP contribution in [0.5, 0.6) is 0 Å². The summed E-state index contributed by atoms with van der Waals surface area (Å²) in [6.45, 7) is 0. The number of furan rings is 1. The van der Waals surface area contributed by atoms with E-state index in [1.54, 1.807) is 6.07 Å². The lowest BCUT2D eigenvalue weighted by Crippen LogP contribution is -2.27. The number of nitrogens with one attached hydrogen (secondary N) is 1. The van der Waals surface area contributed by atoms with Gasteiger partial charge in [0.05, 0.1) is 17.9 Å². The SMILES string of the molecule is N#CC(NC(=O)c1cccn2cc(C(F)(F)F)nc12)c1ccco1. The van der Waals surface area contributed by atoms with Crippen LogP contribution in [0.25, 0.3) is 5.65 Å². The van der Waals surface area contributed by atoms with Crippen molar-refractivity contribution >= 4 is 11.6 Å². The Morgan fingerprint density at radius 1 is 1.38 bits per heavy atom. The van der Waals surface area contributed by atoms with Gasteiger partial charge in [-0.15, -0.1) is 0 Å². The van der Waals surface area contributed by atoms with Gasteiger partial charge < -0.3 is 14.1 Å². The van der Waals surface area contributed by atoms with Crippen molar-refractivity contribution < 1.29 is 22.4 Å². The number of aromatic nitrogens is 2. The van der Waals surface area contributed by atoms with Gasteiger partial charge in [0.15, 0.2) is 11.7 Å². The number of rotatable bonds is 3. The van der Waals surface area contributed by atoms with Gasteiger partial charge in [-0.3, -0.25) is 4.79 Å². The fraction of sp³-hybridized carbons (Fsp3) is 0.133. The van der Waals surface area contributed by atoms with Gasteiger partial charge >= 0.3 is 6.18 Å². The van der Waals surface area contributed by atoms with Crippen molar-refractivity contribution in [2.75, 3.05) is 0 Å². The summed E-state index contributed by atoms with van der Waals surface area (Å²) < 4.78 is 44.5. The van der Waals surface area contributed by atoms with E-state index in [-0.39, 0.29) is 17.0 Å². The Kier molecular flexibility index (Phi) is 3.73. The van der Waals surface area contributed by atoms with Crippen molar-refractivity contribution in [1.29, 1.82) is 5.26 Å². The molecule has 3 heterocycles. The van der Waals surface area contributed by atoms with Gasteiger partial charge in [0.2, 0.25) is 0 Å². The van der Waals surface area contributed by atoms with E-state index in [9.17, 15) is 18.0 Å². The average molecular weight is 334 g/mol. The highest BCUT2D eigenvalue weighted by atomic mass is 19.4. The van der Waals surface area contributed by atoms with Crippen LogP contribution in [-0.4, -0.2) is 15.3 Å². The lowest BCUT2D eigenvalue weighted by molar-refractivity contribution is -0.140. The smallest absolute Gasteiger partial charge is 0.434 e. The molecule has 0 aliphatic heterocycles. The summed E-state index contributed by atoms with van der Waals surface area (Å²) in [5, 5.41) is 11.5. The van der Waals surface area contributed by atoms with Gasteiger partial charge in [-0.2, -0.15) is 18.4 Å². The lowest BCUT2D eigenvalue weighted by Gasteiger charge is -2.09. The number of nitriles is 1. The molecule has 1 atom stereocenters. The van der Waals surface area contributed by atoms with Gasteiger partial charge in [-0.1, -0.05) is 0 Å². The topological polar surface area (TPSA) is 83.3 Å². The molecule has 9 heteroatoms. The zero-order valence-electron chi connectivity index (χ0n) is 11.9. The van der Waals surface area contributed by atoms with Crippen LogP contribution in [0, 0.1) is 11.3 Å². The van der Waals surface area contributed by atoms with Crippen LogP contribution in [0.4, 0.5) is 13.2 Å². The van der Waals surface area contributed by atoms with Crippen molar-refractivity contribution in [2.24, 2.45) is 0 Å². The zero-order valence-corrected chi connectivity index (χ0v) is 11.9. The standard InChI is InChI=1S/C15H9F3N4O2/c16-15(17,18)12-8-22-5-1-3-9(13(22)21-12)14(23)20-10(7-19)11-4-2-6-24-11/h1-6,8,10H,(H,20,23). The summed E-state index contributed by atoms with van der Waals surface area (Å²) >= 11 is 0. The first-order valence-corrected chi connectivity index (χ1v) is 6.69. The second kappa shape index (κ2) is 5.73.